The van der Waals surface area contributed by atoms with E-state index in [4.69, 9.17) is 9.47 Å². The number of hydrogen-bond donors (Lipinski definition) is 2. The van der Waals surface area contributed by atoms with Gasteiger partial charge >= 0.3 is 0 Å². The molecule has 2 aromatic rings. The quantitative estimate of drug-likeness (QED) is 0.684. The molecule has 0 bridgehead atoms. The largest absolute Gasteiger partial charge is 0.493 e. The molecule has 132 valence electrons. The Kier molecular flexibility index (Phi) is 9.14. The Morgan fingerprint density at radius 3 is 2.50 bits per heavy atom. The first-order valence-electron chi connectivity index (χ1n) is 7.52. The smallest absolute Gasteiger partial charge is 0.175 e. The zero-order chi connectivity index (χ0) is 16.7. The fourth-order valence-electron chi connectivity index (χ4n) is 2.17. The lowest BCUT2D eigenvalue weighted by molar-refractivity contribution is 0.191. The van der Waals surface area contributed by atoms with Crippen LogP contribution in [0.3, 0.4) is 0 Å². The van der Waals surface area contributed by atoms with E-state index >= 15 is 0 Å². The van der Waals surface area contributed by atoms with Crippen molar-refractivity contribution >= 4 is 28.3 Å². The SMILES string of the molecule is COc1cc(CNCC(C)O)cc(Br)c1OCc1ccccc1.Cl. The highest BCUT2D eigenvalue weighted by molar-refractivity contribution is 9.10. The Morgan fingerprint density at radius 2 is 1.88 bits per heavy atom. The second-order valence-electron chi connectivity index (χ2n) is 5.36. The van der Waals surface area contributed by atoms with Crippen LogP contribution in [0.4, 0.5) is 0 Å². The molecule has 0 saturated carbocycles. The summed E-state index contributed by atoms with van der Waals surface area (Å²) in [4.78, 5) is 0. The number of halogens is 2. The summed E-state index contributed by atoms with van der Waals surface area (Å²) < 4.78 is 12.2. The van der Waals surface area contributed by atoms with Crippen molar-refractivity contribution in [2.75, 3.05) is 13.7 Å². The van der Waals surface area contributed by atoms with Crippen molar-refractivity contribution in [3.8, 4) is 11.5 Å². The van der Waals surface area contributed by atoms with Crippen molar-refractivity contribution in [3.05, 3.63) is 58.1 Å². The van der Waals surface area contributed by atoms with Gasteiger partial charge in [-0.2, -0.15) is 0 Å². The molecule has 0 heterocycles. The maximum Gasteiger partial charge on any atom is 0.175 e. The summed E-state index contributed by atoms with van der Waals surface area (Å²) in [7, 11) is 1.63. The highest BCUT2D eigenvalue weighted by atomic mass is 79.9. The van der Waals surface area contributed by atoms with Crippen molar-refractivity contribution in [2.24, 2.45) is 0 Å². The number of nitrogens with one attached hydrogen (secondary N) is 1. The van der Waals surface area contributed by atoms with Crippen molar-refractivity contribution < 1.29 is 14.6 Å². The van der Waals surface area contributed by atoms with Gasteiger partial charge in [0.15, 0.2) is 11.5 Å². The molecular formula is C18H23BrClNO3. The summed E-state index contributed by atoms with van der Waals surface area (Å²) in [6, 6.07) is 13.9. The zero-order valence-electron chi connectivity index (χ0n) is 13.8. The van der Waals surface area contributed by atoms with Crippen molar-refractivity contribution in [1.82, 2.24) is 5.32 Å². The Hall–Kier alpha value is -1.27. The Morgan fingerprint density at radius 1 is 1.17 bits per heavy atom. The number of methoxy groups -OCH3 is 1. The van der Waals surface area contributed by atoms with Gasteiger partial charge in [-0.25, -0.2) is 0 Å². The molecule has 2 rings (SSSR count). The van der Waals surface area contributed by atoms with Gasteiger partial charge in [-0.3, -0.25) is 0 Å². The first-order valence-corrected chi connectivity index (χ1v) is 8.31. The summed E-state index contributed by atoms with van der Waals surface area (Å²) in [6.07, 6.45) is -0.367. The molecule has 0 aliphatic heterocycles. The van der Waals surface area contributed by atoms with E-state index in [1.807, 2.05) is 42.5 Å². The average Bonchev–Trinajstić information content (AvgIpc) is 2.54. The van der Waals surface area contributed by atoms with E-state index in [0.717, 1.165) is 15.6 Å². The van der Waals surface area contributed by atoms with Gasteiger partial charge in [-0.15, -0.1) is 12.4 Å². The van der Waals surface area contributed by atoms with E-state index in [-0.39, 0.29) is 18.5 Å². The van der Waals surface area contributed by atoms with E-state index in [1.165, 1.54) is 0 Å². The molecule has 0 aromatic heterocycles. The summed E-state index contributed by atoms with van der Waals surface area (Å²) in [5.74, 6) is 1.37. The number of aliphatic hydroxyl groups excluding tert-OH is 1. The van der Waals surface area contributed by atoms with Gasteiger partial charge in [-0.05, 0) is 46.1 Å². The monoisotopic (exact) mass is 415 g/mol. The topological polar surface area (TPSA) is 50.7 Å². The molecule has 4 nitrogen and oxygen atoms in total. The molecule has 2 aromatic carbocycles. The van der Waals surface area contributed by atoms with E-state index in [1.54, 1.807) is 14.0 Å². The first kappa shape index (κ1) is 20.8. The predicted molar refractivity (Wildman–Crippen MR) is 102 cm³/mol. The summed E-state index contributed by atoms with van der Waals surface area (Å²) in [6.45, 7) is 3.43. The second-order valence-corrected chi connectivity index (χ2v) is 6.22. The van der Waals surface area contributed by atoms with Gasteiger partial charge in [-0.1, -0.05) is 30.3 Å². The molecule has 1 unspecified atom stereocenters. The molecule has 6 heteroatoms. The van der Waals surface area contributed by atoms with Crippen LogP contribution in [0, 0.1) is 0 Å². The molecule has 0 fully saturated rings. The summed E-state index contributed by atoms with van der Waals surface area (Å²) in [5.41, 5.74) is 2.16. The van der Waals surface area contributed by atoms with Gasteiger partial charge in [0, 0.05) is 13.1 Å². The number of rotatable bonds is 8. The summed E-state index contributed by atoms with van der Waals surface area (Å²) >= 11 is 3.55. The number of hydrogen-bond acceptors (Lipinski definition) is 4. The molecule has 24 heavy (non-hydrogen) atoms. The predicted octanol–water partition coefficient (Wildman–Crippen LogP) is 3.93. The van der Waals surface area contributed by atoms with Gasteiger partial charge in [0.1, 0.15) is 6.61 Å². The molecule has 0 radical (unpaired) electrons. The Balaban J connectivity index is 0.00000288. The Labute approximate surface area is 157 Å². The molecule has 0 amide bonds. The second kappa shape index (κ2) is 10.6. The maximum atomic E-state index is 9.29. The molecule has 1 atom stereocenters. The molecule has 0 saturated heterocycles. The fraction of sp³-hybridized carbons (Fsp3) is 0.333. The Bertz CT molecular complexity index is 623. The molecule has 0 aliphatic rings. The lowest BCUT2D eigenvalue weighted by atomic mass is 10.2. The van der Waals surface area contributed by atoms with Crippen LogP contribution < -0.4 is 14.8 Å². The van der Waals surface area contributed by atoms with Crippen molar-refractivity contribution in [3.63, 3.8) is 0 Å². The minimum Gasteiger partial charge on any atom is -0.493 e. The van der Waals surface area contributed by atoms with Crippen molar-refractivity contribution in [1.29, 1.82) is 0 Å². The van der Waals surface area contributed by atoms with Crippen LogP contribution in [-0.4, -0.2) is 24.9 Å². The van der Waals surface area contributed by atoms with Crippen LogP contribution in [0.5, 0.6) is 11.5 Å². The van der Waals surface area contributed by atoms with E-state index in [9.17, 15) is 5.11 Å². The van der Waals surface area contributed by atoms with Crippen molar-refractivity contribution in [2.45, 2.75) is 26.2 Å². The minimum absolute atomic E-state index is 0. The van der Waals surface area contributed by atoms with Crippen LogP contribution in [-0.2, 0) is 13.2 Å². The third kappa shape index (κ3) is 6.32. The van der Waals surface area contributed by atoms with Crippen LogP contribution in [0.25, 0.3) is 0 Å². The van der Waals surface area contributed by atoms with Gasteiger partial charge in [0.2, 0.25) is 0 Å². The lowest BCUT2D eigenvalue weighted by Gasteiger charge is -2.15. The third-order valence-electron chi connectivity index (χ3n) is 3.28. The van der Waals surface area contributed by atoms with Crippen LogP contribution >= 0.6 is 28.3 Å². The van der Waals surface area contributed by atoms with Gasteiger partial charge in [0.05, 0.1) is 17.7 Å². The first-order chi connectivity index (χ1) is 11.1. The molecule has 2 N–H and O–H groups in total. The number of benzene rings is 2. The number of ether oxygens (including phenoxy) is 2. The molecular weight excluding hydrogens is 394 g/mol. The van der Waals surface area contributed by atoms with E-state index in [0.29, 0.717) is 31.2 Å². The van der Waals surface area contributed by atoms with Gasteiger partial charge in [0.25, 0.3) is 0 Å². The van der Waals surface area contributed by atoms with E-state index < -0.39 is 0 Å². The fourth-order valence-corrected chi connectivity index (χ4v) is 2.77. The standard InChI is InChI=1S/C18H22BrNO3.ClH/c1-13(21)10-20-11-15-8-16(19)18(17(9-15)22-2)23-12-14-6-4-3-5-7-14;/h3-9,13,20-21H,10-12H2,1-2H3;1H. The van der Waals surface area contributed by atoms with E-state index in [2.05, 4.69) is 21.2 Å². The van der Waals surface area contributed by atoms with Gasteiger partial charge < -0.3 is 19.9 Å². The average molecular weight is 417 g/mol. The highest BCUT2D eigenvalue weighted by Gasteiger charge is 2.12. The normalized spacial score (nSPS) is 11.5. The minimum atomic E-state index is -0.367. The highest BCUT2D eigenvalue weighted by Crippen LogP contribution is 2.37. The molecule has 0 aliphatic carbocycles. The van der Waals surface area contributed by atoms with Crippen LogP contribution in [0.15, 0.2) is 46.9 Å². The third-order valence-corrected chi connectivity index (χ3v) is 3.87. The van der Waals surface area contributed by atoms with Crippen LogP contribution in [0.1, 0.15) is 18.1 Å². The van der Waals surface area contributed by atoms with Crippen LogP contribution in [0.2, 0.25) is 0 Å². The maximum absolute atomic E-state index is 9.29. The lowest BCUT2D eigenvalue weighted by Crippen LogP contribution is -2.23. The molecule has 0 spiro atoms. The zero-order valence-corrected chi connectivity index (χ0v) is 16.2. The number of aliphatic hydroxyl groups is 1. The summed E-state index contributed by atoms with van der Waals surface area (Å²) in [5, 5.41) is 12.5.